The SMILES string of the molecule is CSc1nc(C)c(CCC(=O)N(C)C(C)c2cccc(S(N)(=O)=O)c2)c(C)n1. The highest BCUT2D eigenvalue weighted by Gasteiger charge is 2.20. The zero-order valence-electron chi connectivity index (χ0n) is 16.8. The average Bonchev–Trinajstić information content (AvgIpc) is 2.65. The number of aromatic nitrogens is 2. The second-order valence-corrected chi connectivity index (χ2v) is 8.99. The van der Waals surface area contributed by atoms with Gasteiger partial charge in [0.2, 0.25) is 15.9 Å². The lowest BCUT2D eigenvalue weighted by atomic mass is 10.0. The summed E-state index contributed by atoms with van der Waals surface area (Å²) in [6.45, 7) is 5.71. The van der Waals surface area contributed by atoms with Gasteiger partial charge in [-0.3, -0.25) is 4.79 Å². The summed E-state index contributed by atoms with van der Waals surface area (Å²) in [5, 5.41) is 5.93. The van der Waals surface area contributed by atoms with E-state index in [-0.39, 0.29) is 16.8 Å². The number of hydrogen-bond acceptors (Lipinski definition) is 6. The number of thioether (sulfide) groups is 1. The molecule has 0 aliphatic rings. The molecule has 1 heterocycles. The first-order valence-corrected chi connectivity index (χ1v) is 11.6. The van der Waals surface area contributed by atoms with E-state index in [1.165, 1.54) is 23.9 Å². The lowest BCUT2D eigenvalue weighted by Gasteiger charge is -2.26. The molecule has 1 aromatic carbocycles. The number of amides is 1. The van der Waals surface area contributed by atoms with Gasteiger partial charge in [0.1, 0.15) is 0 Å². The highest BCUT2D eigenvalue weighted by Crippen LogP contribution is 2.23. The Morgan fingerprint density at radius 3 is 2.39 bits per heavy atom. The van der Waals surface area contributed by atoms with Crippen LogP contribution in [0.15, 0.2) is 34.3 Å². The Bertz CT molecular complexity index is 954. The van der Waals surface area contributed by atoms with Gasteiger partial charge in [-0.05, 0) is 56.7 Å². The van der Waals surface area contributed by atoms with Crippen molar-refractivity contribution in [2.75, 3.05) is 13.3 Å². The first-order valence-electron chi connectivity index (χ1n) is 8.81. The van der Waals surface area contributed by atoms with E-state index in [0.29, 0.717) is 18.4 Å². The third-order valence-electron chi connectivity index (χ3n) is 4.81. The second-order valence-electron chi connectivity index (χ2n) is 6.66. The summed E-state index contributed by atoms with van der Waals surface area (Å²) in [5.74, 6) is -0.0405. The minimum Gasteiger partial charge on any atom is -0.339 e. The first kappa shape index (κ1) is 22.3. The maximum atomic E-state index is 12.7. The smallest absolute Gasteiger partial charge is 0.238 e. The van der Waals surface area contributed by atoms with Crippen molar-refractivity contribution in [1.29, 1.82) is 0 Å². The highest BCUT2D eigenvalue weighted by atomic mass is 32.2. The molecular formula is C19H26N4O3S2. The van der Waals surface area contributed by atoms with Gasteiger partial charge in [0.05, 0.1) is 10.9 Å². The Hall–Kier alpha value is -1.97. The minimum atomic E-state index is -3.79. The summed E-state index contributed by atoms with van der Waals surface area (Å²) in [7, 11) is -2.07. The lowest BCUT2D eigenvalue weighted by molar-refractivity contribution is -0.131. The molecule has 9 heteroatoms. The van der Waals surface area contributed by atoms with Crippen LogP contribution in [0, 0.1) is 13.8 Å². The molecule has 0 aliphatic heterocycles. The molecular weight excluding hydrogens is 396 g/mol. The molecule has 0 bridgehead atoms. The van der Waals surface area contributed by atoms with Crippen molar-refractivity contribution in [3.8, 4) is 0 Å². The fourth-order valence-corrected chi connectivity index (χ4v) is 3.99. The number of carbonyl (C=O) groups excluding carboxylic acids is 1. The van der Waals surface area contributed by atoms with Gasteiger partial charge in [0, 0.05) is 24.9 Å². The molecule has 28 heavy (non-hydrogen) atoms. The Kier molecular flexibility index (Phi) is 7.19. The second kappa shape index (κ2) is 9.02. The fraction of sp³-hybridized carbons (Fsp3) is 0.421. The van der Waals surface area contributed by atoms with Crippen LogP contribution in [-0.4, -0.2) is 42.5 Å². The molecule has 152 valence electrons. The number of rotatable bonds is 7. The number of nitrogens with zero attached hydrogens (tertiary/aromatic N) is 3. The number of nitrogens with two attached hydrogens (primary N) is 1. The number of primary sulfonamides is 1. The molecule has 0 fully saturated rings. The molecule has 2 N–H and O–H groups in total. The van der Waals surface area contributed by atoms with Crippen molar-refractivity contribution in [2.45, 2.75) is 49.7 Å². The summed E-state index contributed by atoms with van der Waals surface area (Å²) in [6, 6.07) is 6.07. The van der Waals surface area contributed by atoms with E-state index < -0.39 is 10.0 Å². The summed E-state index contributed by atoms with van der Waals surface area (Å²) >= 11 is 1.49. The minimum absolute atomic E-state index is 0.0370. The monoisotopic (exact) mass is 422 g/mol. The van der Waals surface area contributed by atoms with Crippen molar-refractivity contribution >= 4 is 27.7 Å². The lowest BCUT2D eigenvalue weighted by Crippen LogP contribution is -2.30. The van der Waals surface area contributed by atoms with Gasteiger partial charge in [-0.2, -0.15) is 0 Å². The van der Waals surface area contributed by atoms with Gasteiger partial charge in [-0.15, -0.1) is 0 Å². The summed E-state index contributed by atoms with van der Waals surface area (Å²) in [5.41, 5.74) is 3.48. The van der Waals surface area contributed by atoms with Crippen LogP contribution in [0.25, 0.3) is 0 Å². The summed E-state index contributed by atoms with van der Waals surface area (Å²) in [4.78, 5) is 23.2. The fourth-order valence-electron chi connectivity index (χ4n) is 2.96. The van der Waals surface area contributed by atoms with Crippen LogP contribution >= 0.6 is 11.8 Å². The van der Waals surface area contributed by atoms with Crippen LogP contribution in [0.5, 0.6) is 0 Å². The topological polar surface area (TPSA) is 106 Å². The third kappa shape index (κ3) is 5.30. The zero-order chi connectivity index (χ0) is 21.1. The van der Waals surface area contributed by atoms with E-state index in [1.807, 2.05) is 27.0 Å². The van der Waals surface area contributed by atoms with E-state index in [4.69, 9.17) is 5.14 Å². The Morgan fingerprint density at radius 1 is 1.25 bits per heavy atom. The van der Waals surface area contributed by atoms with Crippen LogP contribution in [-0.2, 0) is 21.2 Å². The molecule has 1 aromatic heterocycles. The van der Waals surface area contributed by atoms with E-state index in [2.05, 4.69) is 9.97 Å². The van der Waals surface area contributed by atoms with Gasteiger partial charge in [-0.1, -0.05) is 23.9 Å². The molecule has 0 radical (unpaired) electrons. The number of benzene rings is 1. The molecule has 0 aliphatic carbocycles. The maximum absolute atomic E-state index is 12.7. The van der Waals surface area contributed by atoms with Crippen molar-refractivity contribution < 1.29 is 13.2 Å². The predicted octanol–water partition coefficient (Wildman–Crippen LogP) is 2.61. The van der Waals surface area contributed by atoms with Gasteiger partial charge in [0.25, 0.3) is 0 Å². The molecule has 0 saturated heterocycles. The van der Waals surface area contributed by atoms with Crippen molar-refractivity contribution in [3.05, 3.63) is 46.8 Å². The highest BCUT2D eigenvalue weighted by molar-refractivity contribution is 7.98. The molecule has 2 aromatic rings. The molecule has 1 amide bonds. The third-order valence-corrected chi connectivity index (χ3v) is 6.27. The van der Waals surface area contributed by atoms with E-state index in [1.54, 1.807) is 24.1 Å². The van der Waals surface area contributed by atoms with E-state index in [0.717, 1.165) is 22.1 Å². The van der Waals surface area contributed by atoms with Crippen LogP contribution < -0.4 is 5.14 Å². The van der Waals surface area contributed by atoms with Gasteiger partial charge in [0.15, 0.2) is 5.16 Å². The van der Waals surface area contributed by atoms with Gasteiger partial charge < -0.3 is 4.90 Å². The Morgan fingerprint density at radius 2 is 1.86 bits per heavy atom. The Labute approximate surface area is 170 Å². The van der Waals surface area contributed by atoms with Crippen molar-refractivity contribution in [1.82, 2.24) is 14.9 Å². The number of aryl methyl sites for hydroxylation is 2. The predicted molar refractivity (Wildman–Crippen MR) is 111 cm³/mol. The summed E-state index contributed by atoms with van der Waals surface area (Å²) < 4.78 is 23.1. The van der Waals surface area contributed by atoms with Crippen LogP contribution in [0.1, 0.15) is 41.9 Å². The van der Waals surface area contributed by atoms with Gasteiger partial charge in [-0.25, -0.2) is 23.5 Å². The van der Waals surface area contributed by atoms with Crippen molar-refractivity contribution in [2.24, 2.45) is 5.14 Å². The van der Waals surface area contributed by atoms with Crippen LogP contribution in [0.4, 0.5) is 0 Å². The number of hydrogen-bond donors (Lipinski definition) is 1. The molecule has 0 spiro atoms. The zero-order valence-corrected chi connectivity index (χ0v) is 18.4. The van der Waals surface area contributed by atoms with Crippen molar-refractivity contribution in [3.63, 3.8) is 0 Å². The van der Waals surface area contributed by atoms with Crippen LogP contribution in [0.2, 0.25) is 0 Å². The van der Waals surface area contributed by atoms with E-state index >= 15 is 0 Å². The molecule has 1 atom stereocenters. The van der Waals surface area contributed by atoms with Crippen LogP contribution in [0.3, 0.4) is 0 Å². The first-order chi connectivity index (χ1) is 13.0. The molecule has 2 rings (SSSR count). The number of carbonyl (C=O) groups is 1. The standard InChI is InChI=1S/C19H26N4O3S2/c1-12-17(13(2)22-19(21-12)27-5)9-10-18(24)23(4)14(3)15-7-6-8-16(11-15)28(20,25)26/h6-8,11,14H,9-10H2,1-5H3,(H2,20,25,26). The number of sulfonamides is 1. The quantitative estimate of drug-likeness (QED) is 0.543. The Balaban J connectivity index is 2.11. The molecule has 1 unspecified atom stereocenters. The normalized spacial score (nSPS) is 12.6. The van der Waals surface area contributed by atoms with E-state index in [9.17, 15) is 13.2 Å². The summed E-state index contributed by atoms with van der Waals surface area (Å²) in [6.07, 6.45) is 2.80. The molecule has 7 nitrogen and oxygen atoms in total. The largest absolute Gasteiger partial charge is 0.339 e. The van der Waals surface area contributed by atoms with Gasteiger partial charge >= 0.3 is 0 Å². The molecule has 0 saturated carbocycles. The average molecular weight is 423 g/mol. The maximum Gasteiger partial charge on any atom is 0.238 e.